The minimum Gasteiger partial charge on any atom is -0.341 e. The largest absolute Gasteiger partial charge is 0.341 e. The molecule has 36 heavy (non-hydrogen) atoms. The van der Waals surface area contributed by atoms with Crippen LogP contribution in [0.25, 0.3) is 21.8 Å². The number of hydrogen-bond acceptors (Lipinski definition) is 3. The number of anilines is 2. The zero-order valence-electron chi connectivity index (χ0n) is 19.7. The minimum absolute atomic E-state index is 0.125. The van der Waals surface area contributed by atoms with Crippen molar-refractivity contribution in [3.63, 3.8) is 0 Å². The van der Waals surface area contributed by atoms with E-state index < -0.39 is 10.0 Å². The van der Waals surface area contributed by atoms with E-state index in [-0.39, 0.29) is 21.5 Å². The van der Waals surface area contributed by atoms with Gasteiger partial charge in [-0.2, -0.15) is 0 Å². The fraction of sp³-hybridized carbons (Fsp3) is 0.107. The van der Waals surface area contributed by atoms with Gasteiger partial charge in [-0.3, -0.25) is 9.52 Å². The Morgan fingerprint density at radius 3 is 2.33 bits per heavy atom. The third-order valence-corrected chi connectivity index (χ3v) is 7.85. The van der Waals surface area contributed by atoms with Gasteiger partial charge in [0.1, 0.15) is 0 Å². The van der Waals surface area contributed by atoms with E-state index in [1.807, 2.05) is 37.3 Å². The van der Waals surface area contributed by atoms with Crippen molar-refractivity contribution in [1.29, 1.82) is 0 Å². The maximum atomic E-state index is 13.0. The Balaban J connectivity index is 1.38. The van der Waals surface area contributed by atoms with Gasteiger partial charge in [0, 0.05) is 39.6 Å². The molecular weight excluding hydrogens is 494 g/mol. The first-order chi connectivity index (χ1) is 17.3. The second kappa shape index (κ2) is 9.33. The molecule has 1 heterocycles. The van der Waals surface area contributed by atoms with Crippen molar-refractivity contribution in [2.45, 2.75) is 25.3 Å². The van der Waals surface area contributed by atoms with Gasteiger partial charge in [0.25, 0.3) is 15.9 Å². The molecule has 182 valence electrons. The highest BCUT2D eigenvalue weighted by molar-refractivity contribution is 7.92. The number of aromatic nitrogens is 1. The molecule has 8 heteroatoms. The molecule has 0 fully saturated rings. The number of amides is 1. The molecule has 0 aliphatic heterocycles. The van der Waals surface area contributed by atoms with E-state index in [9.17, 15) is 13.2 Å². The molecule has 0 unspecified atom stereocenters. The van der Waals surface area contributed by atoms with Gasteiger partial charge in [-0.25, -0.2) is 8.42 Å². The van der Waals surface area contributed by atoms with Crippen molar-refractivity contribution in [3.05, 3.63) is 101 Å². The lowest BCUT2D eigenvalue weighted by atomic mass is 10.1. The first-order valence-electron chi connectivity index (χ1n) is 11.5. The molecule has 1 amide bonds. The van der Waals surface area contributed by atoms with Crippen molar-refractivity contribution < 1.29 is 13.2 Å². The third-order valence-electron chi connectivity index (χ3n) is 6.15. The van der Waals surface area contributed by atoms with Crippen LogP contribution in [0.5, 0.6) is 0 Å². The molecule has 0 saturated heterocycles. The lowest BCUT2D eigenvalue weighted by Gasteiger charge is -2.12. The normalized spacial score (nSPS) is 11.6. The number of nitrogens with zero attached hydrogens (tertiary/aromatic N) is 1. The predicted molar refractivity (Wildman–Crippen MR) is 147 cm³/mol. The third kappa shape index (κ3) is 4.43. The zero-order valence-corrected chi connectivity index (χ0v) is 21.3. The second-order valence-electron chi connectivity index (χ2n) is 8.56. The fourth-order valence-electron chi connectivity index (χ4n) is 4.34. The number of nitrogens with one attached hydrogen (secondary N) is 2. The van der Waals surface area contributed by atoms with Gasteiger partial charge in [0.15, 0.2) is 0 Å². The number of aryl methyl sites for hydroxylation is 2. The molecule has 0 radical (unpaired) electrons. The molecule has 0 aliphatic carbocycles. The molecule has 0 spiro atoms. The Morgan fingerprint density at radius 2 is 1.61 bits per heavy atom. The summed E-state index contributed by atoms with van der Waals surface area (Å²) < 4.78 is 30.1. The van der Waals surface area contributed by atoms with Crippen LogP contribution in [0.1, 0.15) is 22.8 Å². The summed E-state index contributed by atoms with van der Waals surface area (Å²) in [5.41, 5.74) is 4.38. The molecular formula is C28H24ClN3O3S. The van der Waals surface area contributed by atoms with E-state index in [1.54, 1.807) is 12.1 Å². The van der Waals surface area contributed by atoms with Crippen molar-refractivity contribution in [2.24, 2.45) is 0 Å². The highest BCUT2D eigenvalue weighted by Crippen LogP contribution is 2.31. The quantitative estimate of drug-likeness (QED) is 0.259. The Labute approximate surface area is 214 Å². The summed E-state index contributed by atoms with van der Waals surface area (Å²) in [5.74, 6) is -0.344. The molecule has 0 aliphatic rings. The van der Waals surface area contributed by atoms with Crippen LogP contribution in [-0.4, -0.2) is 18.9 Å². The molecule has 5 aromatic rings. The Hall–Kier alpha value is -3.81. The number of sulfonamides is 1. The van der Waals surface area contributed by atoms with E-state index >= 15 is 0 Å². The van der Waals surface area contributed by atoms with E-state index in [0.717, 1.165) is 33.9 Å². The van der Waals surface area contributed by atoms with E-state index in [0.29, 0.717) is 11.3 Å². The Kier molecular flexibility index (Phi) is 6.20. The van der Waals surface area contributed by atoms with Crippen molar-refractivity contribution in [2.75, 3.05) is 10.0 Å². The molecule has 0 saturated carbocycles. The average molecular weight is 518 g/mol. The number of halogens is 1. The summed E-state index contributed by atoms with van der Waals surface area (Å²) in [6, 6.07) is 25.0. The van der Waals surface area contributed by atoms with Crippen LogP contribution in [0.15, 0.2) is 89.8 Å². The lowest BCUT2D eigenvalue weighted by Crippen LogP contribution is -2.15. The van der Waals surface area contributed by atoms with Crippen LogP contribution in [0.4, 0.5) is 11.4 Å². The maximum Gasteiger partial charge on any atom is 0.261 e. The van der Waals surface area contributed by atoms with Crippen LogP contribution in [0.3, 0.4) is 0 Å². The minimum atomic E-state index is -3.81. The standard InChI is InChI=1S/C28H24ClN3O3S/c1-3-32-26-7-5-4-6-22(26)23-17-20(11-15-27(23)32)30-28(33)19-10-14-25(24(29)16-19)31-36(34,35)21-12-8-18(2)9-13-21/h4-17,31H,3H2,1-2H3,(H,30,33). The lowest BCUT2D eigenvalue weighted by molar-refractivity contribution is 0.102. The Morgan fingerprint density at radius 1 is 0.889 bits per heavy atom. The van der Waals surface area contributed by atoms with Gasteiger partial charge in [-0.1, -0.05) is 47.5 Å². The summed E-state index contributed by atoms with van der Waals surface area (Å²) >= 11 is 6.35. The van der Waals surface area contributed by atoms with Gasteiger partial charge in [-0.15, -0.1) is 0 Å². The topological polar surface area (TPSA) is 80.2 Å². The molecule has 0 bridgehead atoms. The van der Waals surface area contributed by atoms with Gasteiger partial charge >= 0.3 is 0 Å². The van der Waals surface area contributed by atoms with E-state index in [4.69, 9.17) is 11.6 Å². The number of hydrogen-bond donors (Lipinski definition) is 2. The van der Waals surface area contributed by atoms with Gasteiger partial charge in [-0.05, 0) is 68.4 Å². The van der Waals surface area contributed by atoms with Crippen LogP contribution in [0, 0.1) is 6.92 Å². The number of para-hydroxylation sites is 1. The highest BCUT2D eigenvalue weighted by atomic mass is 35.5. The summed E-state index contributed by atoms with van der Waals surface area (Å²) in [6.45, 7) is 4.83. The number of benzene rings is 4. The SMILES string of the molecule is CCn1c2ccccc2c2cc(NC(=O)c3ccc(NS(=O)(=O)c4ccc(C)cc4)c(Cl)c3)ccc21. The van der Waals surface area contributed by atoms with Crippen LogP contribution in [0.2, 0.25) is 5.02 Å². The number of rotatable bonds is 6. The number of carbonyl (C=O) groups is 1. The van der Waals surface area contributed by atoms with Crippen molar-refractivity contribution in [1.82, 2.24) is 4.57 Å². The summed E-state index contributed by atoms with van der Waals surface area (Å²) in [6.07, 6.45) is 0. The fourth-order valence-corrected chi connectivity index (χ4v) is 5.70. The summed E-state index contributed by atoms with van der Waals surface area (Å²) in [7, 11) is -3.81. The Bertz CT molecular complexity index is 1730. The van der Waals surface area contributed by atoms with Crippen LogP contribution < -0.4 is 10.0 Å². The first kappa shape index (κ1) is 23.9. The number of fused-ring (bicyclic) bond motifs is 3. The van der Waals surface area contributed by atoms with E-state index in [2.05, 4.69) is 33.7 Å². The van der Waals surface area contributed by atoms with Gasteiger partial charge < -0.3 is 9.88 Å². The van der Waals surface area contributed by atoms with Gasteiger partial charge in [0.2, 0.25) is 0 Å². The molecule has 4 aromatic carbocycles. The zero-order chi connectivity index (χ0) is 25.4. The van der Waals surface area contributed by atoms with Crippen molar-refractivity contribution >= 4 is 60.7 Å². The van der Waals surface area contributed by atoms with E-state index in [1.165, 1.54) is 30.3 Å². The predicted octanol–water partition coefficient (Wildman–Crippen LogP) is 6.83. The first-order valence-corrected chi connectivity index (χ1v) is 13.3. The molecule has 1 aromatic heterocycles. The molecule has 0 atom stereocenters. The average Bonchev–Trinajstić information content (AvgIpc) is 3.18. The molecule has 5 rings (SSSR count). The highest BCUT2D eigenvalue weighted by Gasteiger charge is 2.17. The van der Waals surface area contributed by atoms with Crippen LogP contribution >= 0.6 is 11.6 Å². The maximum absolute atomic E-state index is 13.0. The van der Waals surface area contributed by atoms with Crippen LogP contribution in [-0.2, 0) is 16.6 Å². The smallest absolute Gasteiger partial charge is 0.261 e. The van der Waals surface area contributed by atoms with Crippen molar-refractivity contribution in [3.8, 4) is 0 Å². The van der Waals surface area contributed by atoms with Gasteiger partial charge in [0.05, 0.1) is 15.6 Å². The molecule has 6 nitrogen and oxygen atoms in total. The number of carbonyl (C=O) groups excluding carboxylic acids is 1. The summed E-state index contributed by atoms with van der Waals surface area (Å²) in [4.78, 5) is 13.1. The second-order valence-corrected chi connectivity index (χ2v) is 10.7. The monoisotopic (exact) mass is 517 g/mol. The molecule has 2 N–H and O–H groups in total. The summed E-state index contributed by atoms with van der Waals surface area (Å²) in [5, 5.41) is 5.23.